The fourth-order valence-corrected chi connectivity index (χ4v) is 1.27. The first-order valence-electron chi connectivity index (χ1n) is 5.00. The van der Waals surface area contributed by atoms with E-state index in [-0.39, 0.29) is 18.3 Å². The van der Waals surface area contributed by atoms with Gasteiger partial charge in [0.15, 0.2) is 0 Å². The van der Waals surface area contributed by atoms with Gasteiger partial charge in [0.25, 0.3) is 0 Å². The van der Waals surface area contributed by atoms with E-state index in [4.69, 9.17) is 5.26 Å². The van der Waals surface area contributed by atoms with E-state index < -0.39 is 11.9 Å². The predicted octanol–water partition coefficient (Wildman–Crippen LogP) is 2.84. The van der Waals surface area contributed by atoms with Crippen LogP contribution in [0.2, 0.25) is 0 Å². The lowest BCUT2D eigenvalue weighted by Gasteiger charge is -2.24. The Morgan fingerprint density at radius 2 is 2.12 bits per heavy atom. The van der Waals surface area contributed by atoms with Gasteiger partial charge in [0.2, 0.25) is 0 Å². The summed E-state index contributed by atoms with van der Waals surface area (Å²) in [7, 11) is 1.62. The Morgan fingerprint density at radius 3 is 2.65 bits per heavy atom. The zero-order valence-corrected chi connectivity index (χ0v) is 9.49. The smallest absolute Gasteiger partial charge is 0.356 e. The summed E-state index contributed by atoms with van der Waals surface area (Å²) in [5, 5.41) is 8.54. The van der Waals surface area contributed by atoms with Crippen LogP contribution in [0.5, 0.6) is 0 Å². The van der Waals surface area contributed by atoms with E-state index in [1.165, 1.54) is 12.1 Å². The van der Waals surface area contributed by atoms with Crippen molar-refractivity contribution in [1.29, 1.82) is 5.26 Å². The first-order valence-corrected chi connectivity index (χ1v) is 5.00. The number of nitrogens with zero attached hydrogens (tertiary/aromatic N) is 3. The number of pyridine rings is 1. The molecule has 17 heavy (non-hydrogen) atoms. The molecule has 0 aliphatic rings. The van der Waals surface area contributed by atoms with Gasteiger partial charge >= 0.3 is 6.18 Å². The summed E-state index contributed by atoms with van der Waals surface area (Å²) in [4.78, 5) is 5.09. The molecule has 1 aromatic rings. The van der Waals surface area contributed by atoms with Crippen molar-refractivity contribution in [2.45, 2.75) is 25.6 Å². The van der Waals surface area contributed by atoms with Crippen LogP contribution in [0.4, 0.5) is 19.0 Å². The second-order valence-electron chi connectivity index (χ2n) is 3.70. The molecule has 1 unspecified atom stereocenters. The summed E-state index contributed by atoms with van der Waals surface area (Å²) < 4.78 is 37.3. The van der Waals surface area contributed by atoms with Crippen molar-refractivity contribution in [3.8, 4) is 6.07 Å². The highest BCUT2D eigenvalue weighted by molar-refractivity contribution is 5.40. The van der Waals surface area contributed by atoms with Crippen LogP contribution < -0.4 is 4.90 Å². The molecule has 0 aliphatic heterocycles. The second-order valence-corrected chi connectivity index (χ2v) is 3.70. The summed E-state index contributed by atoms with van der Waals surface area (Å²) in [6.45, 7) is 1.76. The zero-order valence-electron chi connectivity index (χ0n) is 9.49. The van der Waals surface area contributed by atoms with E-state index in [1.807, 2.05) is 6.07 Å². The van der Waals surface area contributed by atoms with Crippen LogP contribution in [0.15, 0.2) is 18.2 Å². The van der Waals surface area contributed by atoms with Gasteiger partial charge in [-0.3, -0.25) is 0 Å². The average molecular weight is 243 g/mol. The Kier molecular flexibility index (Phi) is 3.94. The molecule has 1 rings (SSSR count). The summed E-state index contributed by atoms with van der Waals surface area (Å²) in [5.41, 5.74) is -0.925. The molecule has 0 bridgehead atoms. The normalized spacial score (nSPS) is 12.9. The first-order chi connectivity index (χ1) is 7.86. The minimum atomic E-state index is -4.45. The van der Waals surface area contributed by atoms with Crippen LogP contribution in [-0.2, 0) is 6.18 Å². The third kappa shape index (κ3) is 3.34. The van der Waals surface area contributed by atoms with Gasteiger partial charge in [-0.15, -0.1) is 0 Å². The monoisotopic (exact) mass is 243 g/mol. The van der Waals surface area contributed by atoms with Crippen LogP contribution in [0.3, 0.4) is 0 Å². The van der Waals surface area contributed by atoms with Crippen molar-refractivity contribution in [2.75, 3.05) is 11.9 Å². The van der Waals surface area contributed by atoms with Crippen LogP contribution >= 0.6 is 0 Å². The molecule has 0 fully saturated rings. The van der Waals surface area contributed by atoms with Crippen LogP contribution in [0.1, 0.15) is 19.0 Å². The molecular formula is C11H12F3N3. The number of hydrogen-bond donors (Lipinski definition) is 0. The zero-order chi connectivity index (χ0) is 13.1. The van der Waals surface area contributed by atoms with Gasteiger partial charge in [-0.05, 0) is 19.1 Å². The fourth-order valence-electron chi connectivity index (χ4n) is 1.27. The van der Waals surface area contributed by atoms with Crippen molar-refractivity contribution in [1.82, 2.24) is 4.98 Å². The highest BCUT2D eigenvalue weighted by Crippen LogP contribution is 2.29. The Bertz CT molecular complexity index is 423. The van der Waals surface area contributed by atoms with Gasteiger partial charge in [0.05, 0.1) is 12.5 Å². The number of rotatable bonds is 3. The molecule has 0 N–H and O–H groups in total. The number of alkyl halides is 3. The second kappa shape index (κ2) is 5.04. The van der Waals surface area contributed by atoms with E-state index in [0.717, 1.165) is 6.07 Å². The molecule has 0 radical (unpaired) electrons. The molecule has 0 amide bonds. The van der Waals surface area contributed by atoms with E-state index in [2.05, 4.69) is 4.98 Å². The third-order valence-corrected chi connectivity index (χ3v) is 2.43. The summed E-state index contributed by atoms with van der Waals surface area (Å²) >= 11 is 0. The quantitative estimate of drug-likeness (QED) is 0.819. The van der Waals surface area contributed by atoms with Gasteiger partial charge in [-0.25, -0.2) is 4.98 Å². The van der Waals surface area contributed by atoms with Gasteiger partial charge in [0.1, 0.15) is 11.5 Å². The van der Waals surface area contributed by atoms with E-state index in [1.54, 1.807) is 18.9 Å². The number of nitriles is 1. The maximum atomic E-state index is 12.4. The van der Waals surface area contributed by atoms with Gasteiger partial charge in [-0.1, -0.05) is 6.07 Å². The SMILES string of the molecule is CC(CC#N)N(C)c1cccc(C(F)(F)F)n1. The summed E-state index contributed by atoms with van der Waals surface area (Å²) in [6, 6.07) is 5.51. The Balaban J connectivity index is 2.96. The lowest BCUT2D eigenvalue weighted by molar-refractivity contribution is -0.141. The van der Waals surface area contributed by atoms with E-state index in [9.17, 15) is 13.2 Å². The summed E-state index contributed by atoms with van der Waals surface area (Å²) in [6.07, 6.45) is -4.22. The standard InChI is InChI=1S/C11H12F3N3/c1-8(6-7-15)17(2)10-5-3-4-9(16-10)11(12,13)14/h3-5,8H,6H2,1-2H3. The van der Waals surface area contributed by atoms with E-state index in [0.29, 0.717) is 0 Å². The average Bonchev–Trinajstić information content (AvgIpc) is 2.27. The van der Waals surface area contributed by atoms with Crippen molar-refractivity contribution in [2.24, 2.45) is 0 Å². The molecule has 1 atom stereocenters. The number of halogens is 3. The van der Waals surface area contributed by atoms with Gasteiger partial charge in [0, 0.05) is 13.1 Å². The molecular weight excluding hydrogens is 231 g/mol. The fraction of sp³-hybridized carbons (Fsp3) is 0.455. The van der Waals surface area contributed by atoms with Crippen LogP contribution in [0.25, 0.3) is 0 Å². The van der Waals surface area contributed by atoms with Crippen molar-refractivity contribution in [3.63, 3.8) is 0 Å². The molecule has 0 spiro atoms. The third-order valence-electron chi connectivity index (χ3n) is 2.43. The predicted molar refractivity (Wildman–Crippen MR) is 57.3 cm³/mol. The molecule has 0 aromatic carbocycles. The van der Waals surface area contributed by atoms with Gasteiger partial charge in [-0.2, -0.15) is 18.4 Å². The minimum Gasteiger partial charge on any atom is -0.356 e. The van der Waals surface area contributed by atoms with Crippen molar-refractivity contribution >= 4 is 5.82 Å². The van der Waals surface area contributed by atoms with E-state index >= 15 is 0 Å². The molecule has 0 saturated carbocycles. The Labute approximate surface area is 97.5 Å². The van der Waals surface area contributed by atoms with Crippen LogP contribution in [0, 0.1) is 11.3 Å². The molecule has 1 aromatic heterocycles. The van der Waals surface area contributed by atoms with Crippen molar-refractivity contribution < 1.29 is 13.2 Å². The van der Waals surface area contributed by atoms with Crippen LogP contribution in [-0.4, -0.2) is 18.1 Å². The highest BCUT2D eigenvalue weighted by atomic mass is 19.4. The molecule has 1 heterocycles. The largest absolute Gasteiger partial charge is 0.433 e. The number of anilines is 1. The van der Waals surface area contributed by atoms with Gasteiger partial charge < -0.3 is 4.90 Å². The lowest BCUT2D eigenvalue weighted by atomic mass is 10.2. The summed E-state index contributed by atoms with van der Waals surface area (Å²) in [5.74, 6) is 0.211. The lowest BCUT2D eigenvalue weighted by Crippen LogP contribution is -2.29. The maximum Gasteiger partial charge on any atom is 0.433 e. The topological polar surface area (TPSA) is 39.9 Å². The Hall–Kier alpha value is -1.77. The molecule has 3 nitrogen and oxygen atoms in total. The molecule has 0 aliphatic carbocycles. The first kappa shape index (κ1) is 13.3. The van der Waals surface area contributed by atoms with Crippen molar-refractivity contribution in [3.05, 3.63) is 23.9 Å². The molecule has 0 saturated heterocycles. The number of aromatic nitrogens is 1. The maximum absolute atomic E-state index is 12.4. The molecule has 92 valence electrons. The molecule has 6 heteroatoms. The minimum absolute atomic E-state index is 0.184. The Morgan fingerprint density at radius 1 is 1.47 bits per heavy atom. The number of hydrogen-bond acceptors (Lipinski definition) is 3. The highest BCUT2D eigenvalue weighted by Gasteiger charge is 2.32.